The number of amides is 1. The minimum absolute atomic E-state index is 0.241. The summed E-state index contributed by atoms with van der Waals surface area (Å²) in [7, 11) is 0. The molecule has 0 aliphatic carbocycles. The van der Waals surface area contributed by atoms with Crippen molar-refractivity contribution >= 4 is 22.6 Å². The molecule has 24 heavy (non-hydrogen) atoms. The summed E-state index contributed by atoms with van der Waals surface area (Å²) in [6, 6.07) is 13.4. The van der Waals surface area contributed by atoms with Crippen LogP contribution < -0.4 is 10.1 Å². The van der Waals surface area contributed by atoms with Crippen molar-refractivity contribution in [2.24, 2.45) is 0 Å². The van der Waals surface area contributed by atoms with E-state index in [0.29, 0.717) is 18.0 Å². The number of nitrogens with one attached hydrogen (secondary N) is 1. The highest BCUT2D eigenvalue weighted by molar-refractivity contribution is 6.06. The van der Waals surface area contributed by atoms with E-state index in [4.69, 9.17) is 9.15 Å². The molecule has 0 atom stereocenters. The van der Waals surface area contributed by atoms with Gasteiger partial charge in [0.2, 0.25) is 0 Å². The third-order valence-corrected chi connectivity index (χ3v) is 4.02. The Kier molecular flexibility index (Phi) is 4.56. The van der Waals surface area contributed by atoms with Gasteiger partial charge in [-0.05, 0) is 56.2 Å². The molecule has 3 rings (SSSR count). The second-order valence-electron chi connectivity index (χ2n) is 5.66. The maximum absolute atomic E-state index is 12.6. The molecule has 0 aliphatic heterocycles. The summed E-state index contributed by atoms with van der Waals surface area (Å²) in [5.41, 5.74) is 3.45. The molecular weight excluding hydrogens is 302 g/mol. The van der Waals surface area contributed by atoms with E-state index >= 15 is 0 Å². The normalized spacial score (nSPS) is 10.8. The summed E-state index contributed by atoms with van der Waals surface area (Å²) in [5, 5.41) is 3.81. The second kappa shape index (κ2) is 6.79. The first-order chi connectivity index (χ1) is 11.6. The van der Waals surface area contributed by atoms with Gasteiger partial charge < -0.3 is 14.5 Å². The standard InChI is InChI=1S/C20H21NO3/c1-4-14-7-6-8-15(11-14)21-20(22)19-13(3)17-12-16(23-5-2)9-10-18(17)24-19/h6-12H,4-5H2,1-3H3,(H,21,22). The topological polar surface area (TPSA) is 51.5 Å². The molecule has 0 saturated heterocycles. The quantitative estimate of drug-likeness (QED) is 0.722. The fourth-order valence-electron chi connectivity index (χ4n) is 2.73. The number of carbonyl (C=O) groups is 1. The number of furan rings is 1. The molecule has 0 spiro atoms. The van der Waals surface area contributed by atoms with Crippen molar-refractivity contribution in [2.75, 3.05) is 11.9 Å². The molecule has 0 unspecified atom stereocenters. The van der Waals surface area contributed by atoms with E-state index in [1.807, 2.05) is 56.3 Å². The van der Waals surface area contributed by atoms with Crippen LogP contribution in [0.5, 0.6) is 5.75 Å². The summed E-state index contributed by atoms with van der Waals surface area (Å²) in [5.74, 6) is 0.868. The molecule has 0 bridgehead atoms. The molecule has 2 aromatic carbocycles. The number of ether oxygens (including phenoxy) is 1. The van der Waals surface area contributed by atoms with Crippen LogP contribution in [0.4, 0.5) is 5.69 Å². The first-order valence-corrected chi connectivity index (χ1v) is 8.18. The monoisotopic (exact) mass is 323 g/mol. The number of rotatable bonds is 5. The predicted molar refractivity (Wildman–Crippen MR) is 95.9 cm³/mol. The molecule has 0 fully saturated rings. The number of hydrogen-bond donors (Lipinski definition) is 1. The Morgan fingerprint density at radius 2 is 2.00 bits per heavy atom. The number of fused-ring (bicyclic) bond motifs is 1. The molecule has 0 aliphatic rings. The van der Waals surface area contributed by atoms with Crippen LogP contribution in [0.2, 0.25) is 0 Å². The van der Waals surface area contributed by atoms with Crippen molar-refractivity contribution in [2.45, 2.75) is 27.2 Å². The van der Waals surface area contributed by atoms with E-state index in [1.165, 1.54) is 5.56 Å². The van der Waals surface area contributed by atoms with Crippen LogP contribution in [0.25, 0.3) is 11.0 Å². The lowest BCUT2D eigenvalue weighted by Crippen LogP contribution is -2.12. The van der Waals surface area contributed by atoms with Crippen molar-refractivity contribution in [3.05, 3.63) is 59.4 Å². The minimum Gasteiger partial charge on any atom is -0.494 e. The van der Waals surface area contributed by atoms with Gasteiger partial charge in [0.15, 0.2) is 5.76 Å². The van der Waals surface area contributed by atoms with Crippen molar-refractivity contribution in [1.82, 2.24) is 0 Å². The van der Waals surface area contributed by atoms with Crippen molar-refractivity contribution in [3.63, 3.8) is 0 Å². The SMILES string of the molecule is CCOc1ccc2oc(C(=O)Nc3cccc(CC)c3)c(C)c2c1. The number of hydrogen-bond acceptors (Lipinski definition) is 3. The predicted octanol–water partition coefficient (Wildman–Crippen LogP) is 4.95. The molecule has 4 nitrogen and oxygen atoms in total. The minimum atomic E-state index is -0.241. The average Bonchev–Trinajstić information content (AvgIpc) is 2.92. The highest BCUT2D eigenvalue weighted by Gasteiger charge is 2.18. The first-order valence-electron chi connectivity index (χ1n) is 8.18. The zero-order valence-corrected chi connectivity index (χ0v) is 14.2. The highest BCUT2D eigenvalue weighted by atomic mass is 16.5. The lowest BCUT2D eigenvalue weighted by molar-refractivity contribution is 0.0998. The Morgan fingerprint density at radius 3 is 2.75 bits per heavy atom. The van der Waals surface area contributed by atoms with Gasteiger partial charge in [-0.1, -0.05) is 19.1 Å². The molecule has 124 valence electrons. The fraction of sp³-hybridized carbons (Fsp3) is 0.250. The molecule has 3 aromatic rings. The van der Waals surface area contributed by atoms with E-state index in [2.05, 4.69) is 12.2 Å². The second-order valence-corrected chi connectivity index (χ2v) is 5.66. The van der Waals surface area contributed by atoms with Gasteiger partial charge in [-0.3, -0.25) is 4.79 Å². The van der Waals surface area contributed by atoms with Crippen molar-refractivity contribution in [1.29, 1.82) is 0 Å². The van der Waals surface area contributed by atoms with Gasteiger partial charge in [0.25, 0.3) is 5.91 Å². The molecule has 1 amide bonds. The van der Waals surface area contributed by atoms with Crippen LogP contribution in [0.15, 0.2) is 46.9 Å². The van der Waals surface area contributed by atoms with E-state index in [0.717, 1.165) is 28.8 Å². The summed E-state index contributed by atoms with van der Waals surface area (Å²) < 4.78 is 11.3. The molecule has 1 heterocycles. The first kappa shape index (κ1) is 16.1. The van der Waals surface area contributed by atoms with Gasteiger partial charge >= 0.3 is 0 Å². The summed E-state index contributed by atoms with van der Waals surface area (Å²) in [6.45, 7) is 6.51. The van der Waals surface area contributed by atoms with Crippen LogP contribution in [0, 0.1) is 6.92 Å². The zero-order chi connectivity index (χ0) is 17.1. The van der Waals surface area contributed by atoms with Crippen molar-refractivity contribution < 1.29 is 13.9 Å². The molecule has 1 N–H and O–H groups in total. The summed E-state index contributed by atoms with van der Waals surface area (Å²) in [4.78, 5) is 12.6. The Balaban J connectivity index is 1.90. The van der Waals surface area contributed by atoms with Crippen LogP contribution in [-0.4, -0.2) is 12.5 Å². The van der Waals surface area contributed by atoms with Crippen LogP contribution >= 0.6 is 0 Å². The smallest absolute Gasteiger partial charge is 0.291 e. The molecule has 4 heteroatoms. The van der Waals surface area contributed by atoms with Crippen LogP contribution in [0.3, 0.4) is 0 Å². The fourth-order valence-corrected chi connectivity index (χ4v) is 2.73. The van der Waals surface area contributed by atoms with E-state index in [1.54, 1.807) is 0 Å². The van der Waals surface area contributed by atoms with Crippen molar-refractivity contribution in [3.8, 4) is 5.75 Å². The summed E-state index contributed by atoms with van der Waals surface area (Å²) in [6.07, 6.45) is 0.924. The Hall–Kier alpha value is -2.75. The maximum atomic E-state index is 12.6. The van der Waals surface area contributed by atoms with Gasteiger partial charge in [0.1, 0.15) is 11.3 Å². The molecule has 1 aromatic heterocycles. The highest BCUT2D eigenvalue weighted by Crippen LogP contribution is 2.29. The van der Waals surface area contributed by atoms with Crippen LogP contribution in [0.1, 0.15) is 35.5 Å². The number of carbonyl (C=O) groups excluding carboxylic acids is 1. The van der Waals surface area contributed by atoms with Gasteiger partial charge in [0.05, 0.1) is 6.61 Å². The van der Waals surface area contributed by atoms with Gasteiger partial charge in [0, 0.05) is 16.6 Å². The Labute approximate surface area is 141 Å². The zero-order valence-electron chi connectivity index (χ0n) is 14.2. The largest absolute Gasteiger partial charge is 0.494 e. The van der Waals surface area contributed by atoms with E-state index < -0.39 is 0 Å². The number of anilines is 1. The Morgan fingerprint density at radius 1 is 1.17 bits per heavy atom. The Bertz CT molecular complexity index is 880. The van der Waals surface area contributed by atoms with Crippen LogP contribution in [-0.2, 0) is 6.42 Å². The van der Waals surface area contributed by atoms with Gasteiger partial charge in [-0.2, -0.15) is 0 Å². The van der Waals surface area contributed by atoms with E-state index in [9.17, 15) is 4.79 Å². The molecular formula is C20H21NO3. The lowest BCUT2D eigenvalue weighted by Gasteiger charge is -2.05. The number of aryl methyl sites for hydroxylation is 2. The summed E-state index contributed by atoms with van der Waals surface area (Å²) >= 11 is 0. The average molecular weight is 323 g/mol. The molecule has 0 saturated carbocycles. The third-order valence-electron chi connectivity index (χ3n) is 4.02. The van der Waals surface area contributed by atoms with E-state index in [-0.39, 0.29) is 5.91 Å². The molecule has 0 radical (unpaired) electrons. The van der Waals surface area contributed by atoms with Gasteiger partial charge in [-0.25, -0.2) is 0 Å². The number of benzene rings is 2. The lowest BCUT2D eigenvalue weighted by atomic mass is 10.1. The maximum Gasteiger partial charge on any atom is 0.291 e. The van der Waals surface area contributed by atoms with Gasteiger partial charge in [-0.15, -0.1) is 0 Å². The third kappa shape index (κ3) is 3.13.